The monoisotopic (exact) mass is 447 g/mol. The molecule has 1 aromatic carbocycles. The molecule has 32 heavy (non-hydrogen) atoms. The zero-order valence-electron chi connectivity index (χ0n) is 18.2. The third kappa shape index (κ3) is 4.60. The first-order chi connectivity index (χ1) is 15.5. The molecule has 4 aromatic rings. The molecular weight excluding hydrogens is 422 g/mol. The molecule has 3 aromatic heterocycles. The van der Waals surface area contributed by atoms with Crippen LogP contribution in [0.5, 0.6) is 0 Å². The predicted molar refractivity (Wildman–Crippen MR) is 129 cm³/mol. The second-order valence-electron chi connectivity index (χ2n) is 7.70. The van der Waals surface area contributed by atoms with Gasteiger partial charge in [0.25, 0.3) is 11.5 Å². The summed E-state index contributed by atoms with van der Waals surface area (Å²) in [6.07, 6.45) is 5.97. The van der Waals surface area contributed by atoms with E-state index < -0.39 is 6.04 Å². The molecule has 7 nitrogen and oxygen atoms in total. The van der Waals surface area contributed by atoms with Crippen LogP contribution < -0.4 is 10.9 Å². The van der Waals surface area contributed by atoms with Gasteiger partial charge >= 0.3 is 0 Å². The van der Waals surface area contributed by atoms with E-state index in [4.69, 9.17) is 0 Å². The standard InChI is InChI=1S/C24H25N5O2S/c1-14-15(2)26-19-7-6-16(11-18(14)19)24(31)28-20(8-10-32-3)21-12-22(30)29-23(27-21)17-5-4-9-25-13-17/h4-7,9,11-13,20,26H,8,10H2,1-3H3,(H,28,31)(H,27,29,30)/t20-/m0/s1. The van der Waals surface area contributed by atoms with Crippen LogP contribution in [0, 0.1) is 13.8 Å². The highest BCUT2D eigenvalue weighted by Crippen LogP contribution is 2.24. The maximum atomic E-state index is 13.1. The van der Waals surface area contributed by atoms with Gasteiger partial charge in [0.2, 0.25) is 0 Å². The van der Waals surface area contributed by atoms with Crippen molar-refractivity contribution in [2.24, 2.45) is 0 Å². The van der Waals surface area contributed by atoms with Crippen molar-refractivity contribution < 1.29 is 4.79 Å². The lowest BCUT2D eigenvalue weighted by Crippen LogP contribution is -2.30. The van der Waals surface area contributed by atoms with E-state index in [0.29, 0.717) is 29.1 Å². The molecule has 4 rings (SSSR count). The zero-order valence-corrected chi connectivity index (χ0v) is 19.0. The zero-order chi connectivity index (χ0) is 22.7. The van der Waals surface area contributed by atoms with Crippen LogP contribution in [-0.2, 0) is 0 Å². The summed E-state index contributed by atoms with van der Waals surface area (Å²) in [6, 6.07) is 10.3. The summed E-state index contributed by atoms with van der Waals surface area (Å²) in [5.74, 6) is 1.06. The van der Waals surface area contributed by atoms with Gasteiger partial charge in [0.1, 0.15) is 5.82 Å². The Bertz CT molecular complexity index is 1310. The number of rotatable bonds is 7. The van der Waals surface area contributed by atoms with Crippen LogP contribution in [0.25, 0.3) is 22.3 Å². The number of thioether (sulfide) groups is 1. The number of aromatic nitrogens is 4. The number of aromatic amines is 2. The molecule has 1 amide bonds. The van der Waals surface area contributed by atoms with E-state index >= 15 is 0 Å². The molecule has 0 spiro atoms. The van der Waals surface area contributed by atoms with E-state index in [1.165, 1.54) is 6.07 Å². The van der Waals surface area contributed by atoms with Crippen LogP contribution in [0.15, 0.2) is 53.6 Å². The van der Waals surface area contributed by atoms with Crippen LogP contribution in [0.1, 0.15) is 39.8 Å². The Morgan fingerprint density at radius 2 is 2.03 bits per heavy atom. The molecule has 8 heteroatoms. The van der Waals surface area contributed by atoms with Gasteiger partial charge in [-0.05, 0) is 68.2 Å². The van der Waals surface area contributed by atoms with Gasteiger partial charge < -0.3 is 15.3 Å². The minimum absolute atomic E-state index is 0.193. The molecule has 0 saturated heterocycles. The van der Waals surface area contributed by atoms with Crippen LogP contribution in [0.2, 0.25) is 0 Å². The molecule has 0 aliphatic heterocycles. The number of nitrogens with zero attached hydrogens (tertiary/aromatic N) is 2. The first-order valence-electron chi connectivity index (χ1n) is 10.4. The van der Waals surface area contributed by atoms with Gasteiger partial charge in [-0.25, -0.2) is 4.98 Å². The number of nitrogens with one attached hydrogen (secondary N) is 3. The van der Waals surface area contributed by atoms with Crippen molar-refractivity contribution in [3.05, 3.63) is 81.7 Å². The fourth-order valence-corrected chi connectivity index (χ4v) is 4.14. The Morgan fingerprint density at radius 3 is 2.78 bits per heavy atom. The summed E-state index contributed by atoms with van der Waals surface area (Å²) in [5, 5.41) is 4.12. The second kappa shape index (κ2) is 9.40. The number of carbonyl (C=O) groups excluding carboxylic acids is 1. The smallest absolute Gasteiger partial charge is 0.251 e. The molecule has 0 radical (unpaired) electrons. The molecule has 0 saturated carbocycles. The number of amides is 1. The van der Waals surface area contributed by atoms with Crippen molar-refractivity contribution in [1.29, 1.82) is 0 Å². The van der Waals surface area contributed by atoms with Gasteiger partial charge in [-0.3, -0.25) is 14.6 Å². The predicted octanol–water partition coefficient (Wildman–Crippen LogP) is 4.15. The summed E-state index contributed by atoms with van der Waals surface area (Å²) in [4.78, 5) is 40.3. The van der Waals surface area contributed by atoms with E-state index in [-0.39, 0.29) is 11.5 Å². The van der Waals surface area contributed by atoms with Crippen molar-refractivity contribution in [3.8, 4) is 11.4 Å². The van der Waals surface area contributed by atoms with Crippen molar-refractivity contribution in [1.82, 2.24) is 25.3 Å². The summed E-state index contributed by atoms with van der Waals surface area (Å²) < 4.78 is 0. The Hall–Kier alpha value is -3.39. The first kappa shape index (κ1) is 21.8. The Kier molecular flexibility index (Phi) is 6.41. The molecular formula is C24H25N5O2S. The second-order valence-corrected chi connectivity index (χ2v) is 8.69. The van der Waals surface area contributed by atoms with Crippen LogP contribution >= 0.6 is 11.8 Å². The van der Waals surface area contributed by atoms with Gasteiger partial charge in [0, 0.05) is 46.2 Å². The van der Waals surface area contributed by atoms with Crippen LogP contribution in [-0.4, -0.2) is 37.9 Å². The largest absolute Gasteiger partial charge is 0.358 e. The molecule has 0 aliphatic rings. The van der Waals surface area contributed by atoms with E-state index in [1.54, 1.807) is 30.2 Å². The molecule has 164 valence electrons. The number of aryl methyl sites for hydroxylation is 2. The van der Waals surface area contributed by atoms with E-state index in [0.717, 1.165) is 27.9 Å². The average Bonchev–Trinajstić information content (AvgIpc) is 3.09. The van der Waals surface area contributed by atoms with Gasteiger partial charge in [0.15, 0.2) is 0 Å². The third-order valence-electron chi connectivity index (χ3n) is 5.54. The molecule has 3 heterocycles. The van der Waals surface area contributed by atoms with Gasteiger partial charge in [-0.15, -0.1) is 0 Å². The lowest BCUT2D eigenvalue weighted by molar-refractivity contribution is 0.0935. The highest BCUT2D eigenvalue weighted by atomic mass is 32.2. The van der Waals surface area contributed by atoms with Crippen molar-refractivity contribution in [2.75, 3.05) is 12.0 Å². The topological polar surface area (TPSA) is 104 Å². The highest BCUT2D eigenvalue weighted by Gasteiger charge is 2.19. The van der Waals surface area contributed by atoms with Crippen LogP contribution in [0.3, 0.4) is 0 Å². The van der Waals surface area contributed by atoms with Gasteiger partial charge in [-0.1, -0.05) is 0 Å². The maximum absolute atomic E-state index is 13.1. The quantitative estimate of drug-likeness (QED) is 0.395. The molecule has 0 unspecified atom stereocenters. The lowest BCUT2D eigenvalue weighted by atomic mass is 10.1. The third-order valence-corrected chi connectivity index (χ3v) is 6.18. The maximum Gasteiger partial charge on any atom is 0.251 e. The summed E-state index contributed by atoms with van der Waals surface area (Å²) in [5.41, 5.74) is 4.78. The minimum Gasteiger partial charge on any atom is -0.358 e. The highest BCUT2D eigenvalue weighted by molar-refractivity contribution is 7.98. The van der Waals surface area contributed by atoms with Gasteiger partial charge in [-0.2, -0.15) is 11.8 Å². The van der Waals surface area contributed by atoms with Gasteiger partial charge in [0.05, 0.1) is 11.7 Å². The molecule has 0 aliphatic carbocycles. The SMILES string of the molecule is CSCC[C@H](NC(=O)c1ccc2[nH]c(C)c(C)c2c1)c1cc(=O)[nH]c(-c2cccnc2)n1. The number of carbonyl (C=O) groups is 1. The number of pyridine rings is 1. The number of hydrogen-bond acceptors (Lipinski definition) is 5. The molecule has 0 bridgehead atoms. The summed E-state index contributed by atoms with van der Waals surface area (Å²) >= 11 is 1.68. The van der Waals surface area contributed by atoms with E-state index in [1.807, 2.05) is 44.4 Å². The lowest BCUT2D eigenvalue weighted by Gasteiger charge is -2.19. The fraction of sp³-hybridized carbons (Fsp3) is 0.250. The summed E-state index contributed by atoms with van der Waals surface area (Å²) in [7, 11) is 0. The molecule has 3 N–H and O–H groups in total. The van der Waals surface area contributed by atoms with Crippen molar-refractivity contribution in [2.45, 2.75) is 26.3 Å². The van der Waals surface area contributed by atoms with Crippen molar-refractivity contribution >= 4 is 28.6 Å². The van der Waals surface area contributed by atoms with E-state index in [9.17, 15) is 9.59 Å². The van der Waals surface area contributed by atoms with E-state index in [2.05, 4.69) is 25.3 Å². The fourth-order valence-electron chi connectivity index (χ4n) is 3.67. The Morgan fingerprint density at radius 1 is 1.19 bits per heavy atom. The summed E-state index contributed by atoms with van der Waals surface area (Å²) in [6.45, 7) is 4.06. The normalized spacial score (nSPS) is 12.1. The van der Waals surface area contributed by atoms with Crippen molar-refractivity contribution in [3.63, 3.8) is 0 Å². The number of fused-ring (bicyclic) bond motifs is 1. The molecule has 1 atom stereocenters. The number of benzene rings is 1. The molecule has 0 fully saturated rings. The number of H-pyrrole nitrogens is 2. The minimum atomic E-state index is -0.391. The average molecular weight is 448 g/mol. The Labute approximate surface area is 190 Å². The van der Waals surface area contributed by atoms with Crippen LogP contribution in [0.4, 0.5) is 0 Å². The Balaban J connectivity index is 1.66. The number of hydrogen-bond donors (Lipinski definition) is 3. The first-order valence-corrected chi connectivity index (χ1v) is 11.8.